The van der Waals surface area contributed by atoms with Gasteiger partial charge in [-0.1, -0.05) is 36.4 Å². The van der Waals surface area contributed by atoms with Crippen LogP contribution in [0.15, 0.2) is 52.9 Å². The van der Waals surface area contributed by atoms with Gasteiger partial charge in [0.2, 0.25) is 0 Å². The lowest BCUT2D eigenvalue weighted by Crippen LogP contribution is -2.21. The van der Waals surface area contributed by atoms with Crippen LogP contribution in [0.2, 0.25) is 0 Å². The van der Waals surface area contributed by atoms with E-state index in [0.29, 0.717) is 12.4 Å². The number of nitrogens with one attached hydrogen (secondary N) is 1. The molecule has 0 unspecified atom stereocenters. The van der Waals surface area contributed by atoms with Crippen LogP contribution in [-0.2, 0) is 6.42 Å². The number of fused-ring (bicyclic) bond motifs is 2. The molecular formula is C16H14N2O2. The standard InChI is InChI=1S/C16H14N2O2/c19-13-9-10-5-1-2-6-11(10)15(13)18-16-17-12-7-3-4-8-14(12)20-16/h1-8,13,15,19H,9H2,(H,17,18)/t13-,15+/m0/s1. The molecule has 0 radical (unpaired) electrons. The lowest BCUT2D eigenvalue weighted by molar-refractivity contribution is 0.164. The van der Waals surface area contributed by atoms with Crippen molar-refractivity contribution in [1.82, 2.24) is 4.98 Å². The summed E-state index contributed by atoms with van der Waals surface area (Å²) in [5.74, 6) is 0. The van der Waals surface area contributed by atoms with E-state index in [0.717, 1.165) is 16.7 Å². The Hall–Kier alpha value is -2.33. The number of benzene rings is 2. The minimum absolute atomic E-state index is 0.167. The Kier molecular flexibility index (Phi) is 2.50. The fourth-order valence-electron chi connectivity index (χ4n) is 2.81. The summed E-state index contributed by atoms with van der Waals surface area (Å²) < 4.78 is 5.66. The lowest BCUT2D eigenvalue weighted by Gasteiger charge is -2.16. The van der Waals surface area contributed by atoms with Crippen molar-refractivity contribution in [3.8, 4) is 0 Å². The third-order valence-corrected chi connectivity index (χ3v) is 3.78. The van der Waals surface area contributed by atoms with E-state index < -0.39 is 6.10 Å². The zero-order chi connectivity index (χ0) is 13.5. The molecule has 20 heavy (non-hydrogen) atoms. The van der Waals surface area contributed by atoms with Gasteiger partial charge in [0.15, 0.2) is 5.58 Å². The maximum atomic E-state index is 10.2. The molecule has 1 aliphatic rings. The average Bonchev–Trinajstić information content (AvgIpc) is 3.00. The van der Waals surface area contributed by atoms with E-state index in [1.54, 1.807) is 0 Å². The van der Waals surface area contributed by atoms with Crippen LogP contribution in [0.1, 0.15) is 17.2 Å². The fourth-order valence-corrected chi connectivity index (χ4v) is 2.81. The van der Waals surface area contributed by atoms with Gasteiger partial charge in [0.1, 0.15) is 5.52 Å². The van der Waals surface area contributed by atoms with E-state index in [1.165, 1.54) is 5.56 Å². The van der Waals surface area contributed by atoms with Crippen LogP contribution < -0.4 is 5.32 Å². The molecule has 4 heteroatoms. The molecule has 0 saturated carbocycles. The molecule has 0 aliphatic heterocycles. The zero-order valence-electron chi connectivity index (χ0n) is 10.8. The molecule has 0 bridgehead atoms. The largest absolute Gasteiger partial charge is 0.424 e. The van der Waals surface area contributed by atoms with Crippen molar-refractivity contribution >= 4 is 17.1 Å². The van der Waals surface area contributed by atoms with E-state index >= 15 is 0 Å². The molecule has 2 atom stereocenters. The van der Waals surface area contributed by atoms with Gasteiger partial charge in [-0.25, -0.2) is 0 Å². The van der Waals surface area contributed by atoms with Crippen molar-refractivity contribution in [3.63, 3.8) is 0 Å². The van der Waals surface area contributed by atoms with Gasteiger partial charge in [-0.05, 0) is 23.3 Å². The zero-order valence-corrected chi connectivity index (χ0v) is 10.8. The predicted octanol–water partition coefficient (Wildman–Crippen LogP) is 2.90. The summed E-state index contributed by atoms with van der Waals surface area (Å²) in [5.41, 5.74) is 3.85. The molecule has 0 spiro atoms. The number of hydrogen-bond donors (Lipinski definition) is 2. The van der Waals surface area contributed by atoms with Crippen molar-refractivity contribution in [2.24, 2.45) is 0 Å². The number of aliphatic hydroxyl groups is 1. The first-order valence-corrected chi connectivity index (χ1v) is 6.69. The number of rotatable bonds is 2. The van der Waals surface area contributed by atoms with Crippen LogP contribution in [0.4, 0.5) is 6.01 Å². The van der Waals surface area contributed by atoms with Crippen molar-refractivity contribution in [2.45, 2.75) is 18.6 Å². The normalized spacial score (nSPS) is 21.1. The molecule has 1 aliphatic carbocycles. The maximum absolute atomic E-state index is 10.2. The Morgan fingerprint density at radius 2 is 1.90 bits per heavy atom. The SMILES string of the molecule is O[C@H]1Cc2ccccc2[C@H]1Nc1nc2ccccc2o1. The Bertz CT molecular complexity index is 733. The molecule has 2 N–H and O–H groups in total. The van der Waals surface area contributed by atoms with Crippen molar-refractivity contribution in [2.75, 3.05) is 5.32 Å². The number of aliphatic hydroxyl groups excluding tert-OH is 1. The van der Waals surface area contributed by atoms with Gasteiger partial charge in [0.25, 0.3) is 6.01 Å². The minimum Gasteiger partial charge on any atom is -0.424 e. The summed E-state index contributed by atoms with van der Waals surface area (Å²) >= 11 is 0. The van der Waals surface area contributed by atoms with Gasteiger partial charge in [0.05, 0.1) is 12.1 Å². The van der Waals surface area contributed by atoms with Crippen molar-refractivity contribution in [3.05, 3.63) is 59.7 Å². The highest BCUT2D eigenvalue weighted by Crippen LogP contribution is 2.34. The van der Waals surface area contributed by atoms with Crippen LogP contribution in [0.25, 0.3) is 11.1 Å². The number of hydrogen-bond acceptors (Lipinski definition) is 4. The number of aromatic nitrogens is 1. The smallest absolute Gasteiger partial charge is 0.296 e. The second-order valence-corrected chi connectivity index (χ2v) is 5.08. The third kappa shape index (κ3) is 1.77. The molecule has 4 rings (SSSR count). The van der Waals surface area contributed by atoms with Crippen molar-refractivity contribution in [1.29, 1.82) is 0 Å². The Morgan fingerprint density at radius 1 is 1.10 bits per heavy atom. The quantitative estimate of drug-likeness (QED) is 0.748. The monoisotopic (exact) mass is 266 g/mol. The summed E-state index contributed by atoms with van der Waals surface area (Å²) in [5, 5.41) is 13.4. The molecule has 1 aromatic heterocycles. The first-order valence-electron chi connectivity index (χ1n) is 6.69. The van der Waals surface area contributed by atoms with E-state index in [4.69, 9.17) is 4.42 Å². The van der Waals surface area contributed by atoms with E-state index in [9.17, 15) is 5.11 Å². The summed E-state index contributed by atoms with van der Waals surface area (Å²) in [7, 11) is 0. The maximum Gasteiger partial charge on any atom is 0.296 e. The molecule has 0 amide bonds. The highest BCUT2D eigenvalue weighted by Gasteiger charge is 2.31. The Balaban J connectivity index is 1.68. The summed E-state index contributed by atoms with van der Waals surface area (Å²) in [6.07, 6.45) is 0.205. The second-order valence-electron chi connectivity index (χ2n) is 5.08. The van der Waals surface area contributed by atoms with Gasteiger partial charge in [-0.15, -0.1) is 0 Å². The van der Waals surface area contributed by atoms with Crippen molar-refractivity contribution < 1.29 is 9.52 Å². The Labute approximate surface area is 116 Å². The lowest BCUT2D eigenvalue weighted by atomic mass is 10.1. The van der Waals surface area contributed by atoms with Crippen LogP contribution in [0.5, 0.6) is 0 Å². The molecule has 3 aromatic rings. The van der Waals surface area contributed by atoms with E-state index in [1.807, 2.05) is 48.5 Å². The molecule has 1 heterocycles. The number of para-hydroxylation sites is 2. The van der Waals surface area contributed by atoms with Gasteiger partial charge < -0.3 is 14.8 Å². The van der Waals surface area contributed by atoms with E-state index in [-0.39, 0.29) is 6.04 Å². The van der Waals surface area contributed by atoms with Crippen LogP contribution in [0, 0.1) is 0 Å². The second kappa shape index (κ2) is 4.35. The highest BCUT2D eigenvalue weighted by molar-refractivity contribution is 5.74. The van der Waals surface area contributed by atoms with Crippen LogP contribution in [0.3, 0.4) is 0 Å². The Morgan fingerprint density at radius 3 is 2.80 bits per heavy atom. The predicted molar refractivity (Wildman–Crippen MR) is 76.5 cm³/mol. The molecule has 0 saturated heterocycles. The minimum atomic E-state index is -0.456. The molecule has 0 fully saturated rings. The van der Waals surface area contributed by atoms with E-state index in [2.05, 4.69) is 10.3 Å². The number of nitrogens with zero attached hydrogens (tertiary/aromatic N) is 1. The molecule has 2 aromatic carbocycles. The third-order valence-electron chi connectivity index (χ3n) is 3.78. The van der Waals surface area contributed by atoms with Gasteiger partial charge in [-0.3, -0.25) is 0 Å². The number of anilines is 1. The first kappa shape index (κ1) is 11.5. The summed E-state index contributed by atoms with van der Waals surface area (Å²) in [6.45, 7) is 0. The van der Waals surface area contributed by atoms with Gasteiger partial charge in [-0.2, -0.15) is 4.98 Å². The summed E-state index contributed by atoms with van der Waals surface area (Å²) in [6, 6.07) is 16.0. The molecule has 100 valence electrons. The topological polar surface area (TPSA) is 58.3 Å². The molecular weight excluding hydrogens is 252 g/mol. The van der Waals surface area contributed by atoms with Crippen LogP contribution >= 0.6 is 0 Å². The summed E-state index contributed by atoms with van der Waals surface area (Å²) in [4.78, 5) is 4.39. The average molecular weight is 266 g/mol. The highest BCUT2D eigenvalue weighted by atomic mass is 16.4. The van der Waals surface area contributed by atoms with Gasteiger partial charge in [0, 0.05) is 6.42 Å². The van der Waals surface area contributed by atoms with Gasteiger partial charge >= 0.3 is 0 Å². The number of oxazole rings is 1. The fraction of sp³-hybridized carbons (Fsp3) is 0.188. The first-order chi connectivity index (χ1) is 9.81. The molecule has 4 nitrogen and oxygen atoms in total. The van der Waals surface area contributed by atoms with Crippen LogP contribution in [-0.4, -0.2) is 16.2 Å².